The lowest BCUT2D eigenvalue weighted by molar-refractivity contribution is -0.120. The minimum Gasteiger partial charge on any atom is -0.356 e. The molecule has 3 aromatic heterocycles. The molecule has 0 saturated heterocycles. The molecule has 4 aromatic rings. The molecule has 6 heteroatoms. The van der Waals surface area contributed by atoms with Gasteiger partial charge in [-0.25, -0.2) is 4.98 Å². The van der Waals surface area contributed by atoms with Crippen LogP contribution in [0.1, 0.15) is 11.5 Å². The van der Waals surface area contributed by atoms with Crippen LogP contribution in [0.15, 0.2) is 71.5 Å². The molecule has 0 fully saturated rings. The van der Waals surface area contributed by atoms with E-state index in [-0.39, 0.29) is 12.3 Å². The first-order chi connectivity index (χ1) is 12.3. The molecule has 0 aliphatic rings. The van der Waals surface area contributed by atoms with Crippen LogP contribution >= 0.6 is 0 Å². The number of amides is 1. The average molecular weight is 332 g/mol. The summed E-state index contributed by atoms with van der Waals surface area (Å²) in [5, 5.41) is 6.84. The zero-order chi connectivity index (χ0) is 17.1. The highest BCUT2D eigenvalue weighted by molar-refractivity contribution is 5.78. The van der Waals surface area contributed by atoms with Crippen LogP contribution in [-0.4, -0.2) is 20.4 Å². The molecule has 0 bridgehead atoms. The third-order valence-corrected chi connectivity index (χ3v) is 3.92. The van der Waals surface area contributed by atoms with Crippen LogP contribution in [0.2, 0.25) is 0 Å². The Balaban J connectivity index is 1.39. The Morgan fingerprint density at radius 3 is 2.84 bits per heavy atom. The molecule has 124 valence electrons. The molecule has 25 heavy (non-hydrogen) atoms. The van der Waals surface area contributed by atoms with E-state index in [1.54, 1.807) is 12.3 Å². The van der Waals surface area contributed by atoms with Crippen LogP contribution in [0.3, 0.4) is 0 Å². The van der Waals surface area contributed by atoms with Gasteiger partial charge in [0.25, 0.3) is 0 Å². The first kappa shape index (κ1) is 15.1. The summed E-state index contributed by atoms with van der Waals surface area (Å²) in [6, 6.07) is 17.3. The summed E-state index contributed by atoms with van der Waals surface area (Å²) in [4.78, 5) is 16.5. The van der Waals surface area contributed by atoms with Gasteiger partial charge in [-0.2, -0.15) is 0 Å². The first-order valence-electron chi connectivity index (χ1n) is 7.98. The Morgan fingerprint density at radius 1 is 1.12 bits per heavy atom. The number of fused-ring (bicyclic) bond motifs is 1. The summed E-state index contributed by atoms with van der Waals surface area (Å²) >= 11 is 0. The molecule has 0 radical (unpaired) electrons. The lowest BCUT2D eigenvalue weighted by atomic mass is 10.1. The van der Waals surface area contributed by atoms with Gasteiger partial charge in [0.2, 0.25) is 5.91 Å². The minimum absolute atomic E-state index is 0.124. The molecule has 0 saturated carbocycles. The maximum atomic E-state index is 12.2. The van der Waals surface area contributed by atoms with Gasteiger partial charge in [-0.3, -0.25) is 4.79 Å². The standard InChI is InChI=1S/C19H16N4O2/c24-19(21-13-18-20-12-16-8-4-5-9-23(16)18)11-15-10-17(25-22-15)14-6-2-1-3-7-14/h1-10,12H,11,13H2,(H,21,24). The molecule has 0 spiro atoms. The SMILES string of the molecule is O=C(Cc1cc(-c2ccccc2)on1)NCc1ncc2ccccn12. The monoisotopic (exact) mass is 332 g/mol. The Kier molecular flexibility index (Phi) is 4.00. The zero-order valence-electron chi connectivity index (χ0n) is 13.4. The van der Waals surface area contributed by atoms with Crippen molar-refractivity contribution in [3.63, 3.8) is 0 Å². The minimum atomic E-state index is -0.124. The normalized spacial score (nSPS) is 10.9. The first-order valence-corrected chi connectivity index (χ1v) is 7.98. The molecule has 0 unspecified atom stereocenters. The van der Waals surface area contributed by atoms with Crippen molar-refractivity contribution in [3.8, 4) is 11.3 Å². The predicted octanol–water partition coefficient (Wildman–Crippen LogP) is 2.85. The zero-order valence-corrected chi connectivity index (χ0v) is 13.4. The molecule has 3 heterocycles. The maximum Gasteiger partial charge on any atom is 0.226 e. The fraction of sp³-hybridized carbons (Fsp3) is 0.105. The van der Waals surface area contributed by atoms with E-state index < -0.39 is 0 Å². The summed E-state index contributed by atoms with van der Waals surface area (Å²) in [6.45, 7) is 0.362. The Bertz CT molecular complexity index is 1000. The Labute approximate surface area is 144 Å². The second-order valence-corrected chi connectivity index (χ2v) is 5.67. The smallest absolute Gasteiger partial charge is 0.226 e. The van der Waals surface area contributed by atoms with Crippen molar-refractivity contribution in [2.24, 2.45) is 0 Å². The summed E-state index contributed by atoms with van der Waals surface area (Å²) in [5.41, 5.74) is 2.53. The molecule has 1 amide bonds. The van der Waals surface area contributed by atoms with E-state index >= 15 is 0 Å². The topological polar surface area (TPSA) is 72.4 Å². The van der Waals surface area contributed by atoms with Crippen molar-refractivity contribution >= 4 is 11.4 Å². The summed E-state index contributed by atoms with van der Waals surface area (Å²) in [6.07, 6.45) is 3.87. The highest BCUT2D eigenvalue weighted by Crippen LogP contribution is 2.19. The van der Waals surface area contributed by atoms with Crippen LogP contribution in [0.4, 0.5) is 0 Å². The second-order valence-electron chi connectivity index (χ2n) is 5.67. The van der Waals surface area contributed by atoms with Crippen molar-refractivity contribution in [3.05, 3.63) is 78.5 Å². The van der Waals surface area contributed by atoms with Gasteiger partial charge in [-0.05, 0) is 12.1 Å². The number of hydrogen-bond donors (Lipinski definition) is 1. The van der Waals surface area contributed by atoms with Gasteiger partial charge in [-0.15, -0.1) is 0 Å². The number of nitrogens with one attached hydrogen (secondary N) is 1. The number of benzene rings is 1. The van der Waals surface area contributed by atoms with E-state index in [0.717, 1.165) is 16.9 Å². The molecular weight excluding hydrogens is 316 g/mol. The highest BCUT2D eigenvalue weighted by atomic mass is 16.5. The fourth-order valence-electron chi connectivity index (χ4n) is 2.67. The van der Waals surface area contributed by atoms with Gasteiger partial charge < -0.3 is 14.2 Å². The van der Waals surface area contributed by atoms with E-state index in [1.165, 1.54) is 0 Å². The van der Waals surface area contributed by atoms with E-state index in [9.17, 15) is 4.79 Å². The van der Waals surface area contributed by atoms with Gasteiger partial charge in [0.05, 0.1) is 30.4 Å². The maximum absolute atomic E-state index is 12.2. The molecule has 0 aliphatic carbocycles. The quantitative estimate of drug-likeness (QED) is 0.610. The number of pyridine rings is 1. The number of rotatable bonds is 5. The Hall–Kier alpha value is -3.41. The number of nitrogens with zero attached hydrogens (tertiary/aromatic N) is 3. The van der Waals surface area contributed by atoms with Crippen LogP contribution < -0.4 is 5.32 Å². The predicted molar refractivity (Wildman–Crippen MR) is 92.7 cm³/mol. The lowest BCUT2D eigenvalue weighted by Crippen LogP contribution is -2.25. The number of imidazole rings is 1. The molecule has 6 nitrogen and oxygen atoms in total. The number of carbonyl (C=O) groups excluding carboxylic acids is 1. The average Bonchev–Trinajstić information content (AvgIpc) is 3.28. The van der Waals surface area contributed by atoms with Gasteiger partial charge in [0, 0.05) is 17.8 Å². The van der Waals surface area contributed by atoms with Crippen LogP contribution in [0.5, 0.6) is 0 Å². The third kappa shape index (κ3) is 3.28. The largest absolute Gasteiger partial charge is 0.356 e. The van der Waals surface area contributed by atoms with E-state index in [4.69, 9.17) is 4.52 Å². The van der Waals surface area contributed by atoms with Gasteiger partial charge in [0.15, 0.2) is 5.76 Å². The summed E-state index contributed by atoms with van der Waals surface area (Å²) < 4.78 is 7.26. The van der Waals surface area contributed by atoms with Gasteiger partial charge in [0.1, 0.15) is 5.82 Å². The van der Waals surface area contributed by atoms with E-state index in [1.807, 2.05) is 59.1 Å². The van der Waals surface area contributed by atoms with Crippen LogP contribution in [0, 0.1) is 0 Å². The van der Waals surface area contributed by atoms with E-state index in [0.29, 0.717) is 18.0 Å². The lowest BCUT2D eigenvalue weighted by Gasteiger charge is -2.03. The fourth-order valence-corrected chi connectivity index (χ4v) is 2.67. The highest BCUT2D eigenvalue weighted by Gasteiger charge is 2.11. The molecule has 1 aromatic carbocycles. The number of carbonyl (C=O) groups is 1. The number of hydrogen-bond acceptors (Lipinski definition) is 4. The molecule has 0 aliphatic heterocycles. The third-order valence-electron chi connectivity index (χ3n) is 3.92. The second kappa shape index (κ2) is 6.60. The van der Waals surface area contributed by atoms with Crippen molar-refractivity contribution in [1.29, 1.82) is 0 Å². The van der Waals surface area contributed by atoms with Gasteiger partial charge >= 0.3 is 0 Å². The summed E-state index contributed by atoms with van der Waals surface area (Å²) in [7, 11) is 0. The van der Waals surface area contributed by atoms with E-state index in [2.05, 4.69) is 15.5 Å². The van der Waals surface area contributed by atoms with Crippen molar-refractivity contribution < 1.29 is 9.32 Å². The molecule has 1 N–H and O–H groups in total. The van der Waals surface area contributed by atoms with Crippen molar-refractivity contribution in [2.45, 2.75) is 13.0 Å². The molecular formula is C19H16N4O2. The Morgan fingerprint density at radius 2 is 1.96 bits per heavy atom. The van der Waals surface area contributed by atoms with Crippen LogP contribution in [0.25, 0.3) is 16.8 Å². The van der Waals surface area contributed by atoms with Crippen LogP contribution in [-0.2, 0) is 17.8 Å². The van der Waals surface area contributed by atoms with Crippen molar-refractivity contribution in [2.75, 3.05) is 0 Å². The molecule has 4 rings (SSSR count). The van der Waals surface area contributed by atoms with Gasteiger partial charge in [-0.1, -0.05) is 41.6 Å². The number of aromatic nitrogens is 3. The van der Waals surface area contributed by atoms with Crippen molar-refractivity contribution in [1.82, 2.24) is 19.9 Å². The summed E-state index contributed by atoms with van der Waals surface area (Å²) in [5.74, 6) is 1.32. The molecule has 0 atom stereocenters.